The van der Waals surface area contributed by atoms with E-state index in [1.807, 2.05) is 4.81 Å². The molecule has 3 nitrogen and oxygen atoms in total. The molecule has 2 amide bonds. The molecular weight excluding hydrogens is 137 g/mol. The number of hydrogen-bond donors (Lipinski definition) is 1. The van der Waals surface area contributed by atoms with Gasteiger partial charge in [-0.3, -0.25) is 4.79 Å². The topological polar surface area (TPSA) is 32.3 Å². The van der Waals surface area contributed by atoms with Crippen LogP contribution in [0.25, 0.3) is 0 Å². The summed E-state index contributed by atoms with van der Waals surface area (Å²) in [6.07, 6.45) is 0. The lowest BCUT2D eigenvalue weighted by atomic mass is 9.26. The Hall–Kier alpha value is -0.535. The number of nitrogens with one attached hydrogen (secondary N) is 1. The Labute approximate surface area is 69.6 Å². The molecule has 0 aromatic heterocycles. The number of nitrogens with zero attached hydrogens (tertiary/aromatic N) is 1. The molecule has 0 aromatic rings. The van der Waals surface area contributed by atoms with Crippen LogP contribution in [-0.4, -0.2) is 38.1 Å². The quantitative estimate of drug-likeness (QED) is 0.431. The molecule has 1 N–H and O–H groups in total. The molecule has 0 saturated carbocycles. The van der Waals surface area contributed by atoms with E-state index in [2.05, 4.69) is 26.0 Å². The SMILES string of the molecule is CC(C)(C)N1BBBNC1=O. The van der Waals surface area contributed by atoms with Crippen molar-refractivity contribution >= 4 is 27.7 Å². The Morgan fingerprint density at radius 3 is 2.45 bits per heavy atom. The van der Waals surface area contributed by atoms with Crippen LogP contribution >= 0.6 is 0 Å². The van der Waals surface area contributed by atoms with Gasteiger partial charge in [-0.15, -0.1) is 0 Å². The van der Waals surface area contributed by atoms with Crippen molar-refractivity contribution in [3.05, 3.63) is 0 Å². The molecule has 0 atom stereocenters. The smallest absolute Gasteiger partial charge is 0.291 e. The average molecular weight is 150 g/mol. The molecule has 1 saturated heterocycles. The van der Waals surface area contributed by atoms with Crippen molar-refractivity contribution < 1.29 is 4.79 Å². The Morgan fingerprint density at radius 1 is 1.45 bits per heavy atom. The Balaban J connectivity index is 2.62. The number of rotatable bonds is 0. The van der Waals surface area contributed by atoms with E-state index < -0.39 is 0 Å². The summed E-state index contributed by atoms with van der Waals surface area (Å²) >= 11 is 0. The molecular formula is C5H13B3N2O. The molecule has 0 aromatic carbocycles. The Bertz CT molecular complexity index is 168. The highest BCUT2D eigenvalue weighted by molar-refractivity contribution is 7.29. The van der Waals surface area contributed by atoms with E-state index in [1.165, 1.54) is 0 Å². The normalized spacial score (nSPS) is 17.7. The van der Waals surface area contributed by atoms with Gasteiger partial charge in [0, 0.05) is 5.54 Å². The highest BCUT2D eigenvalue weighted by Gasteiger charge is 2.28. The molecule has 58 valence electrons. The van der Waals surface area contributed by atoms with Crippen LogP contribution in [0.3, 0.4) is 0 Å². The predicted molar refractivity (Wildman–Crippen MR) is 51.6 cm³/mol. The molecule has 1 aliphatic rings. The monoisotopic (exact) mass is 150 g/mol. The van der Waals surface area contributed by atoms with Crippen molar-refractivity contribution in [2.45, 2.75) is 26.3 Å². The van der Waals surface area contributed by atoms with Crippen molar-refractivity contribution in [1.82, 2.24) is 10.0 Å². The van der Waals surface area contributed by atoms with Crippen LogP contribution in [-0.2, 0) is 0 Å². The van der Waals surface area contributed by atoms with Crippen LogP contribution < -0.4 is 5.23 Å². The van der Waals surface area contributed by atoms with E-state index >= 15 is 0 Å². The largest absolute Gasteiger partial charge is 0.394 e. The van der Waals surface area contributed by atoms with Crippen LogP contribution in [0.4, 0.5) is 4.79 Å². The van der Waals surface area contributed by atoms with Crippen molar-refractivity contribution in [3.63, 3.8) is 0 Å². The zero-order valence-electron chi connectivity index (χ0n) is 7.48. The minimum absolute atomic E-state index is 0.0372. The molecule has 1 aliphatic heterocycles. The van der Waals surface area contributed by atoms with Crippen LogP contribution in [0.1, 0.15) is 20.8 Å². The summed E-state index contributed by atoms with van der Waals surface area (Å²) in [5, 5.41) is 2.83. The summed E-state index contributed by atoms with van der Waals surface area (Å²) < 4.78 is 0. The average Bonchev–Trinajstić information content (AvgIpc) is 1.86. The van der Waals surface area contributed by atoms with Gasteiger partial charge in [-0.1, -0.05) is 0 Å². The number of carbonyl (C=O) groups excluding carboxylic acids is 1. The Kier molecular flexibility index (Phi) is 2.21. The zero-order chi connectivity index (χ0) is 8.48. The maximum atomic E-state index is 11.3. The third kappa shape index (κ3) is 1.95. The van der Waals surface area contributed by atoms with Gasteiger partial charge in [-0.25, -0.2) is 0 Å². The minimum atomic E-state index is -0.0372. The molecule has 0 unspecified atom stereocenters. The van der Waals surface area contributed by atoms with Crippen molar-refractivity contribution in [2.24, 2.45) is 0 Å². The second-order valence-electron chi connectivity index (χ2n) is 3.91. The lowest BCUT2D eigenvalue weighted by Gasteiger charge is -2.38. The molecule has 1 rings (SSSR count). The van der Waals surface area contributed by atoms with E-state index in [9.17, 15) is 4.79 Å². The molecule has 1 heterocycles. The summed E-state index contributed by atoms with van der Waals surface area (Å²) in [5.41, 5.74) is -0.0372. The summed E-state index contributed by atoms with van der Waals surface area (Å²) in [4.78, 5) is 13.1. The van der Waals surface area contributed by atoms with Gasteiger partial charge in [0.1, 0.15) is 7.06 Å². The first-order chi connectivity index (χ1) is 5.02. The van der Waals surface area contributed by atoms with Crippen molar-refractivity contribution in [1.29, 1.82) is 0 Å². The molecule has 0 spiro atoms. The lowest BCUT2D eigenvalue weighted by Crippen LogP contribution is -2.60. The van der Waals surface area contributed by atoms with Crippen LogP contribution in [0.15, 0.2) is 0 Å². The van der Waals surface area contributed by atoms with Gasteiger partial charge in [-0.2, -0.15) is 0 Å². The minimum Gasteiger partial charge on any atom is -0.394 e. The molecule has 11 heavy (non-hydrogen) atoms. The third-order valence-corrected chi connectivity index (χ3v) is 1.89. The van der Waals surface area contributed by atoms with E-state index in [-0.39, 0.29) is 11.6 Å². The third-order valence-electron chi connectivity index (χ3n) is 1.89. The van der Waals surface area contributed by atoms with E-state index in [4.69, 9.17) is 0 Å². The summed E-state index contributed by atoms with van der Waals surface area (Å²) in [5.74, 6) is 0. The van der Waals surface area contributed by atoms with E-state index in [1.54, 1.807) is 0 Å². The molecule has 0 bridgehead atoms. The van der Waals surface area contributed by atoms with Gasteiger partial charge < -0.3 is 10.0 Å². The van der Waals surface area contributed by atoms with Gasteiger partial charge in [0.15, 0.2) is 14.6 Å². The van der Waals surface area contributed by atoms with Gasteiger partial charge in [0.05, 0.1) is 0 Å². The molecule has 0 aliphatic carbocycles. The second kappa shape index (κ2) is 2.84. The van der Waals surface area contributed by atoms with Crippen LogP contribution in [0.2, 0.25) is 0 Å². The second-order valence-corrected chi connectivity index (χ2v) is 3.91. The standard InChI is InChI=1S/C5H13B3N2O/c1-5(2,3)10-4(11)9-7-6-8-10/h6-8H,1-3H3,(H,9,11). The van der Waals surface area contributed by atoms with Gasteiger partial charge in [0.2, 0.25) is 0 Å². The summed E-state index contributed by atoms with van der Waals surface area (Å²) in [6, 6.07) is 0.0729. The number of hydrogen-bond acceptors (Lipinski definition) is 1. The number of urea groups is 1. The molecule has 1 fully saturated rings. The van der Waals surface area contributed by atoms with Crippen LogP contribution in [0, 0.1) is 0 Å². The maximum absolute atomic E-state index is 11.3. The fourth-order valence-electron chi connectivity index (χ4n) is 1.27. The first-order valence-electron chi connectivity index (χ1n) is 4.07. The Morgan fingerprint density at radius 2 is 2.09 bits per heavy atom. The van der Waals surface area contributed by atoms with E-state index in [0.29, 0.717) is 0 Å². The van der Waals surface area contributed by atoms with Crippen molar-refractivity contribution in [2.75, 3.05) is 0 Å². The van der Waals surface area contributed by atoms with Gasteiger partial charge in [-0.05, 0) is 20.8 Å². The number of carbonyl (C=O) groups is 1. The van der Waals surface area contributed by atoms with Gasteiger partial charge >= 0.3 is 0 Å². The summed E-state index contributed by atoms with van der Waals surface area (Å²) in [6.45, 7) is 6.16. The highest BCUT2D eigenvalue weighted by atomic mass is 16.2. The fraction of sp³-hybridized carbons (Fsp3) is 0.800. The summed E-state index contributed by atoms with van der Waals surface area (Å²) in [7, 11) is 2.77. The highest BCUT2D eigenvalue weighted by Crippen LogP contribution is 2.11. The fourth-order valence-corrected chi connectivity index (χ4v) is 1.27. The van der Waals surface area contributed by atoms with Crippen LogP contribution in [0.5, 0.6) is 0 Å². The zero-order valence-corrected chi connectivity index (χ0v) is 7.48. The van der Waals surface area contributed by atoms with Gasteiger partial charge in [0.25, 0.3) is 6.03 Å². The molecule has 0 radical (unpaired) electrons. The lowest BCUT2D eigenvalue weighted by molar-refractivity contribution is 0.202. The van der Waals surface area contributed by atoms with Crippen molar-refractivity contribution in [3.8, 4) is 0 Å². The number of amides is 2. The molecule has 6 heteroatoms. The maximum Gasteiger partial charge on any atom is 0.291 e. The predicted octanol–water partition coefficient (Wildman–Crippen LogP) is -1.22. The van der Waals surface area contributed by atoms with E-state index in [0.717, 1.165) is 21.7 Å². The first kappa shape index (κ1) is 8.56. The first-order valence-corrected chi connectivity index (χ1v) is 4.07.